The summed E-state index contributed by atoms with van der Waals surface area (Å²) in [4.78, 5) is 26.8. The Labute approximate surface area is 114 Å². The highest BCUT2D eigenvalue weighted by molar-refractivity contribution is 5.74. The quantitative estimate of drug-likeness (QED) is 0.808. The predicted octanol–water partition coefficient (Wildman–Crippen LogP) is 0.837. The van der Waals surface area contributed by atoms with Crippen molar-refractivity contribution in [2.24, 2.45) is 0 Å². The van der Waals surface area contributed by atoms with Crippen LogP contribution in [0.3, 0.4) is 0 Å². The van der Waals surface area contributed by atoms with Crippen molar-refractivity contribution in [3.63, 3.8) is 0 Å². The lowest BCUT2D eigenvalue weighted by molar-refractivity contribution is -0.132. The molecule has 0 bridgehead atoms. The smallest absolute Gasteiger partial charge is 0.410 e. The molecule has 0 saturated carbocycles. The summed E-state index contributed by atoms with van der Waals surface area (Å²) in [7, 11) is 0. The SMILES string of the molecule is CC(=O)N1CCN(C(=O)OC(C)(C)C)C(CCO)C1. The molecule has 19 heavy (non-hydrogen) atoms. The van der Waals surface area contributed by atoms with Crippen LogP contribution in [0.1, 0.15) is 34.1 Å². The van der Waals surface area contributed by atoms with Gasteiger partial charge in [-0.1, -0.05) is 0 Å². The molecular formula is C13H24N2O4. The number of hydrogen-bond acceptors (Lipinski definition) is 4. The van der Waals surface area contributed by atoms with E-state index in [-0.39, 0.29) is 24.6 Å². The molecule has 0 aromatic carbocycles. The largest absolute Gasteiger partial charge is 0.444 e. The first-order valence-corrected chi connectivity index (χ1v) is 6.60. The van der Waals surface area contributed by atoms with Crippen molar-refractivity contribution in [3.8, 4) is 0 Å². The summed E-state index contributed by atoms with van der Waals surface area (Å²) < 4.78 is 5.35. The fourth-order valence-corrected chi connectivity index (χ4v) is 2.10. The predicted molar refractivity (Wildman–Crippen MR) is 70.7 cm³/mol. The van der Waals surface area contributed by atoms with Crippen molar-refractivity contribution in [3.05, 3.63) is 0 Å². The molecule has 6 heteroatoms. The van der Waals surface area contributed by atoms with Crippen molar-refractivity contribution in [2.75, 3.05) is 26.2 Å². The maximum absolute atomic E-state index is 12.1. The summed E-state index contributed by atoms with van der Waals surface area (Å²) >= 11 is 0. The molecular weight excluding hydrogens is 248 g/mol. The van der Waals surface area contributed by atoms with Crippen molar-refractivity contribution >= 4 is 12.0 Å². The highest BCUT2D eigenvalue weighted by atomic mass is 16.6. The summed E-state index contributed by atoms with van der Waals surface area (Å²) in [6, 6.07) is -0.183. The topological polar surface area (TPSA) is 70.1 Å². The summed E-state index contributed by atoms with van der Waals surface area (Å²) in [5.74, 6) is -0.00761. The van der Waals surface area contributed by atoms with E-state index in [4.69, 9.17) is 9.84 Å². The van der Waals surface area contributed by atoms with Gasteiger partial charge < -0.3 is 19.6 Å². The van der Waals surface area contributed by atoms with E-state index in [2.05, 4.69) is 0 Å². The van der Waals surface area contributed by atoms with E-state index in [0.29, 0.717) is 26.1 Å². The second kappa shape index (κ2) is 6.23. The number of carbonyl (C=O) groups excluding carboxylic acids is 2. The maximum atomic E-state index is 12.1. The Bertz CT molecular complexity index is 338. The number of ether oxygens (including phenoxy) is 1. The van der Waals surface area contributed by atoms with Gasteiger partial charge in [-0.2, -0.15) is 0 Å². The molecule has 0 radical (unpaired) electrons. The molecule has 1 N–H and O–H groups in total. The van der Waals surface area contributed by atoms with Crippen molar-refractivity contribution < 1.29 is 19.4 Å². The second-order valence-electron chi connectivity index (χ2n) is 5.80. The summed E-state index contributed by atoms with van der Waals surface area (Å²) in [6.45, 7) is 8.35. The third kappa shape index (κ3) is 4.70. The van der Waals surface area contributed by atoms with Gasteiger partial charge in [-0.3, -0.25) is 4.79 Å². The summed E-state index contributed by atoms with van der Waals surface area (Å²) in [5, 5.41) is 9.09. The van der Waals surface area contributed by atoms with E-state index in [0.717, 1.165) is 0 Å². The minimum absolute atomic E-state index is 0.00761. The summed E-state index contributed by atoms with van der Waals surface area (Å²) in [5.41, 5.74) is -0.543. The molecule has 0 aromatic rings. The molecule has 0 aliphatic carbocycles. The van der Waals surface area contributed by atoms with Crippen molar-refractivity contribution in [2.45, 2.75) is 45.8 Å². The molecule has 1 heterocycles. The average Bonchev–Trinajstić information content (AvgIpc) is 2.26. The molecule has 110 valence electrons. The monoisotopic (exact) mass is 272 g/mol. The third-order valence-electron chi connectivity index (χ3n) is 3.02. The number of hydrogen-bond donors (Lipinski definition) is 1. The Morgan fingerprint density at radius 2 is 1.95 bits per heavy atom. The number of nitrogens with zero attached hydrogens (tertiary/aromatic N) is 2. The van der Waals surface area contributed by atoms with Gasteiger partial charge in [-0.25, -0.2) is 4.79 Å². The van der Waals surface area contributed by atoms with Crippen LogP contribution in [-0.2, 0) is 9.53 Å². The Balaban J connectivity index is 2.71. The van der Waals surface area contributed by atoms with Gasteiger partial charge >= 0.3 is 6.09 Å². The summed E-state index contributed by atoms with van der Waals surface area (Å²) in [6.07, 6.45) is 0.0670. The molecule has 1 rings (SSSR count). The van der Waals surface area contributed by atoms with E-state index in [1.807, 2.05) is 20.8 Å². The van der Waals surface area contributed by atoms with Gasteiger partial charge in [0.05, 0.1) is 6.04 Å². The van der Waals surface area contributed by atoms with E-state index >= 15 is 0 Å². The third-order valence-corrected chi connectivity index (χ3v) is 3.02. The average molecular weight is 272 g/mol. The van der Waals surface area contributed by atoms with Gasteiger partial charge in [0.1, 0.15) is 5.60 Å². The van der Waals surface area contributed by atoms with Crippen molar-refractivity contribution in [1.29, 1.82) is 0 Å². The van der Waals surface area contributed by atoms with Gasteiger partial charge in [0.15, 0.2) is 0 Å². The zero-order valence-corrected chi connectivity index (χ0v) is 12.2. The fourth-order valence-electron chi connectivity index (χ4n) is 2.10. The van der Waals surface area contributed by atoms with E-state index in [9.17, 15) is 9.59 Å². The Morgan fingerprint density at radius 3 is 2.42 bits per heavy atom. The highest BCUT2D eigenvalue weighted by Crippen LogP contribution is 2.17. The van der Waals surface area contributed by atoms with E-state index in [1.165, 1.54) is 6.92 Å². The zero-order valence-electron chi connectivity index (χ0n) is 12.2. The molecule has 1 aliphatic heterocycles. The standard InChI is InChI=1S/C13H24N2O4/c1-10(17)14-6-7-15(11(9-14)5-8-16)12(18)19-13(2,3)4/h11,16H,5-9H2,1-4H3. The molecule has 1 aliphatic rings. The van der Waals surface area contributed by atoms with Crippen molar-refractivity contribution in [1.82, 2.24) is 9.80 Å². The van der Waals surface area contributed by atoms with Crippen LogP contribution in [-0.4, -0.2) is 64.8 Å². The fraction of sp³-hybridized carbons (Fsp3) is 0.846. The number of carbonyl (C=O) groups is 2. The zero-order chi connectivity index (χ0) is 14.6. The van der Waals surface area contributed by atoms with Gasteiger partial charge in [0, 0.05) is 33.2 Å². The Kier molecular flexibility index (Phi) is 5.17. The van der Waals surface area contributed by atoms with Crippen LogP contribution in [0.15, 0.2) is 0 Å². The molecule has 6 nitrogen and oxygen atoms in total. The number of amides is 2. The van der Waals surface area contributed by atoms with Crippen LogP contribution in [0.25, 0.3) is 0 Å². The highest BCUT2D eigenvalue weighted by Gasteiger charge is 2.33. The lowest BCUT2D eigenvalue weighted by Crippen LogP contribution is -2.57. The van der Waals surface area contributed by atoms with Crippen LogP contribution in [0, 0.1) is 0 Å². The molecule has 1 saturated heterocycles. The number of aliphatic hydroxyl groups is 1. The molecule has 0 spiro atoms. The normalized spacial score (nSPS) is 20.4. The molecule has 1 unspecified atom stereocenters. The lowest BCUT2D eigenvalue weighted by atomic mass is 10.1. The first-order chi connectivity index (χ1) is 8.74. The van der Waals surface area contributed by atoms with Gasteiger partial charge in [-0.05, 0) is 27.2 Å². The Morgan fingerprint density at radius 1 is 1.32 bits per heavy atom. The second-order valence-corrected chi connectivity index (χ2v) is 5.80. The minimum atomic E-state index is -0.543. The van der Waals surface area contributed by atoms with Crippen LogP contribution in [0.2, 0.25) is 0 Å². The molecule has 0 aromatic heterocycles. The first-order valence-electron chi connectivity index (χ1n) is 6.60. The van der Waals surface area contributed by atoms with E-state index < -0.39 is 5.60 Å². The molecule has 2 amide bonds. The van der Waals surface area contributed by atoms with Gasteiger partial charge in [0.2, 0.25) is 5.91 Å². The van der Waals surface area contributed by atoms with Crippen LogP contribution in [0.4, 0.5) is 4.79 Å². The molecule has 1 fully saturated rings. The first kappa shape index (κ1) is 15.8. The lowest BCUT2D eigenvalue weighted by Gasteiger charge is -2.41. The van der Waals surface area contributed by atoms with Crippen LogP contribution >= 0.6 is 0 Å². The van der Waals surface area contributed by atoms with Crippen LogP contribution < -0.4 is 0 Å². The minimum Gasteiger partial charge on any atom is -0.444 e. The van der Waals surface area contributed by atoms with Gasteiger partial charge in [0.25, 0.3) is 0 Å². The van der Waals surface area contributed by atoms with E-state index in [1.54, 1.807) is 9.80 Å². The molecule has 1 atom stereocenters. The van der Waals surface area contributed by atoms with Gasteiger partial charge in [-0.15, -0.1) is 0 Å². The number of piperazine rings is 1. The number of rotatable bonds is 2. The maximum Gasteiger partial charge on any atom is 0.410 e. The number of aliphatic hydroxyl groups excluding tert-OH is 1. The Hall–Kier alpha value is -1.30. The van der Waals surface area contributed by atoms with Crippen LogP contribution in [0.5, 0.6) is 0 Å².